The molecule has 1 fully saturated rings. The van der Waals surface area contributed by atoms with Gasteiger partial charge in [0.25, 0.3) is 0 Å². The molecule has 1 amide bonds. The number of pyridine rings is 1. The number of hydrogen-bond acceptors (Lipinski definition) is 4. The summed E-state index contributed by atoms with van der Waals surface area (Å²) in [6.07, 6.45) is 3.94. The number of carbonyl (C=O) groups is 1. The Morgan fingerprint density at radius 2 is 2.03 bits per heavy atom. The average molecular weight is 422 g/mol. The summed E-state index contributed by atoms with van der Waals surface area (Å²) in [6, 6.07) is 17.0. The number of aromatic amines is 1. The highest BCUT2D eigenvalue weighted by Gasteiger charge is 2.40. The van der Waals surface area contributed by atoms with Crippen LogP contribution in [0.3, 0.4) is 0 Å². The van der Waals surface area contributed by atoms with E-state index in [2.05, 4.69) is 20.6 Å². The summed E-state index contributed by atoms with van der Waals surface area (Å²) in [5.41, 5.74) is 2.57. The van der Waals surface area contributed by atoms with Gasteiger partial charge >= 0.3 is 0 Å². The lowest BCUT2D eigenvalue weighted by Crippen LogP contribution is -2.32. The number of benzene rings is 1. The number of hydrogen-bond donors (Lipinski definition) is 3. The number of anilines is 1. The summed E-state index contributed by atoms with van der Waals surface area (Å²) >= 11 is 5.61. The van der Waals surface area contributed by atoms with E-state index in [-0.39, 0.29) is 24.4 Å². The Balaban J connectivity index is 1.49. The van der Waals surface area contributed by atoms with Crippen molar-refractivity contribution >= 4 is 28.9 Å². The number of carbonyl (C=O) groups excluding carboxylic acids is 1. The predicted octanol–water partition coefficient (Wildman–Crippen LogP) is 3.42. The van der Waals surface area contributed by atoms with Gasteiger partial charge in [-0.1, -0.05) is 18.2 Å². The molecular weight excluding hydrogens is 398 g/mol. The quantitative estimate of drug-likeness (QED) is 0.507. The van der Waals surface area contributed by atoms with Crippen LogP contribution in [-0.2, 0) is 4.79 Å². The number of rotatable bonds is 7. The first-order valence-corrected chi connectivity index (χ1v) is 10.1. The van der Waals surface area contributed by atoms with Gasteiger partial charge in [-0.05, 0) is 48.6 Å². The third-order valence-corrected chi connectivity index (χ3v) is 5.45. The number of para-hydroxylation sites is 2. The lowest BCUT2D eigenvalue weighted by atomic mass is 10.0. The lowest BCUT2D eigenvalue weighted by Gasteiger charge is -2.26. The topological polar surface area (TPSA) is 82.3 Å². The first kappa shape index (κ1) is 19.9. The van der Waals surface area contributed by atoms with Crippen molar-refractivity contribution in [3.8, 4) is 5.75 Å². The second-order valence-corrected chi connectivity index (χ2v) is 7.33. The van der Waals surface area contributed by atoms with E-state index < -0.39 is 0 Å². The van der Waals surface area contributed by atoms with Gasteiger partial charge in [-0.15, -0.1) is 0 Å². The number of aromatic nitrogens is 2. The molecule has 1 aliphatic heterocycles. The monoisotopic (exact) mass is 421 g/mol. The maximum atomic E-state index is 12.6. The van der Waals surface area contributed by atoms with Gasteiger partial charge in [-0.25, -0.2) is 0 Å². The third-order valence-electron chi connectivity index (χ3n) is 5.10. The number of nitrogens with zero attached hydrogens (tertiary/aromatic N) is 2. The Hall–Kier alpha value is -3.39. The van der Waals surface area contributed by atoms with Crippen LogP contribution in [0.2, 0.25) is 0 Å². The van der Waals surface area contributed by atoms with Gasteiger partial charge in [0.1, 0.15) is 5.75 Å². The molecule has 0 saturated carbocycles. The molecular formula is C22H23N5O2S. The van der Waals surface area contributed by atoms with Crippen molar-refractivity contribution in [3.63, 3.8) is 0 Å². The van der Waals surface area contributed by atoms with Crippen LogP contribution in [0, 0.1) is 0 Å². The van der Waals surface area contributed by atoms with Crippen LogP contribution in [0.5, 0.6) is 5.75 Å². The minimum atomic E-state index is -0.103. The second-order valence-electron chi connectivity index (χ2n) is 6.94. The van der Waals surface area contributed by atoms with Crippen LogP contribution < -0.4 is 15.4 Å². The number of H-pyrrole nitrogens is 1. The van der Waals surface area contributed by atoms with Crippen LogP contribution in [0.4, 0.5) is 5.69 Å². The van der Waals surface area contributed by atoms with Gasteiger partial charge in [0.15, 0.2) is 5.11 Å². The highest BCUT2D eigenvalue weighted by atomic mass is 32.1. The molecule has 2 aromatic heterocycles. The van der Waals surface area contributed by atoms with Crippen molar-refractivity contribution in [2.75, 3.05) is 19.0 Å². The van der Waals surface area contributed by atoms with E-state index in [1.807, 2.05) is 65.7 Å². The van der Waals surface area contributed by atoms with Crippen molar-refractivity contribution in [3.05, 3.63) is 78.4 Å². The number of amides is 1. The second kappa shape index (κ2) is 8.96. The summed E-state index contributed by atoms with van der Waals surface area (Å²) in [5, 5.41) is 6.90. The molecule has 154 valence electrons. The molecule has 30 heavy (non-hydrogen) atoms. The Labute approximate surface area is 180 Å². The van der Waals surface area contributed by atoms with Crippen molar-refractivity contribution in [1.82, 2.24) is 20.2 Å². The van der Waals surface area contributed by atoms with Crippen molar-refractivity contribution in [2.24, 2.45) is 0 Å². The zero-order chi connectivity index (χ0) is 20.9. The fourth-order valence-corrected chi connectivity index (χ4v) is 4.03. The van der Waals surface area contributed by atoms with Crippen LogP contribution in [0.15, 0.2) is 67.0 Å². The van der Waals surface area contributed by atoms with Crippen molar-refractivity contribution in [1.29, 1.82) is 0 Å². The van der Waals surface area contributed by atoms with Crippen LogP contribution >= 0.6 is 12.2 Å². The zero-order valence-electron chi connectivity index (χ0n) is 16.5. The molecule has 3 N–H and O–H groups in total. The Kier molecular flexibility index (Phi) is 5.94. The van der Waals surface area contributed by atoms with E-state index in [4.69, 9.17) is 17.0 Å². The first-order valence-electron chi connectivity index (χ1n) is 9.71. The van der Waals surface area contributed by atoms with E-state index in [1.165, 1.54) is 0 Å². The highest BCUT2D eigenvalue weighted by Crippen LogP contribution is 2.37. The molecule has 3 heterocycles. The molecule has 1 aromatic carbocycles. The maximum absolute atomic E-state index is 12.6. The Morgan fingerprint density at radius 1 is 1.20 bits per heavy atom. The van der Waals surface area contributed by atoms with E-state index >= 15 is 0 Å². The number of ether oxygens (including phenoxy) is 1. The summed E-state index contributed by atoms with van der Waals surface area (Å²) in [6.45, 7) is 0.472. The molecule has 8 heteroatoms. The van der Waals surface area contributed by atoms with Gasteiger partial charge in [0, 0.05) is 31.1 Å². The van der Waals surface area contributed by atoms with Crippen LogP contribution in [-0.4, -0.2) is 39.5 Å². The zero-order valence-corrected chi connectivity index (χ0v) is 17.4. The standard InChI is InChI=1S/C22H23N5O2S/c1-29-18-10-3-2-7-15(18)25-19(28)11-14-27-21(17-9-6-13-24-17)20(26-22(27)30)16-8-4-5-12-23-16/h2-10,12-13,20-21,24H,11,14H2,1H3,(H,25,28)(H,26,30)/t20-,21-/m0/s1. The molecule has 3 aromatic rings. The van der Waals surface area contributed by atoms with Crippen LogP contribution in [0.1, 0.15) is 29.9 Å². The molecule has 0 aliphatic carbocycles. The highest BCUT2D eigenvalue weighted by molar-refractivity contribution is 7.80. The molecule has 2 atom stereocenters. The molecule has 0 bridgehead atoms. The van der Waals surface area contributed by atoms with Gasteiger partial charge in [-0.2, -0.15) is 0 Å². The van der Waals surface area contributed by atoms with E-state index in [9.17, 15) is 4.79 Å². The SMILES string of the molecule is COc1ccccc1NC(=O)CCN1C(=S)N[C@@H](c2ccccn2)[C@@H]1c1ccc[nH]1. The van der Waals surface area contributed by atoms with E-state index in [1.54, 1.807) is 13.3 Å². The number of nitrogens with one attached hydrogen (secondary N) is 3. The largest absolute Gasteiger partial charge is 0.495 e. The van der Waals surface area contributed by atoms with Gasteiger partial charge in [-0.3, -0.25) is 9.78 Å². The average Bonchev–Trinajstić information content (AvgIpc) is 3.41. The van der Waals surface area contributed by atoms with E-state index in [0.29, 0.717) is 23.1 Å². The fraction of sp³-hybridized carbons (Fsp3) is 0.227. The number of methoxy groups -OCH3 is 1. The minimum absolute atomic E-state index is 0.0820. The van der Waals surface area contributed by atoms with Gasteiger partial charge in [0.2, 0.25) is 5.91 Å². The molecule has 0 unspecified atom stereocenters. The smallest absolute Gasteiger partial charge is 0.226 e. The molecule has 1 aliphatic rings. The Bertz CT molecular complexity index is 1010. The van der Waals surface area contributed by atoms with Crippen molar-refractivity contribution in [2.45, 2.75) is 18.5 Å². The van der Waals surface area contributed by atoms with E-state index in [0.717, 1.165) is 11.4 Å². The predicted molar refractivity (Wildman–Crippen MR) is 119 cm³/mol. The molecule has 0 spiro atoms. The maximum Gasteiger partial charge on any atom is 0.226 e. The van der Waals surface area contributed by atoms with Crippen LogP contribution in [0.25, 0.3) is 0 Å². The summed E-state index contributed by atoms with van der Waals surface area (Å²) in [7, 11) is 1.58. The minimum Gasteiger partial charge on any atom is -0.495 e. The van der Waals surface area contributed by atoms with Gasteiger partial charge < -0.3 is 25.3 Å². The first-order chi connectivity index (χ1) is 14.7. The molecule has 4 rings (SSSR count). The summed E-state index contributed by atoms with van der Waals surface area (Å²) in [5.74, 6) is 0.525. The normalized spacial score (nSPS) is 18.2. The number of thiocarbonyl (C=S) groups is 1. The third kappa shape index (κ3) is 4.13. The summed E-state index contributed by atoms with van der Waals surface area (Å²) < 4.78 is 5.30. The molecule has 1 saturated heterocycles. The van der Waals surface area contributed by atoms with Crippen molar-refractivity contribution < 1.29 is 9.53 Å². The van der Waals surface area contributed by atoms with Gasteiger partial charge in [0.05, 0.1) is 30.6 Å². The summed E-state index contributed by atoms with van der Waals surface area (Å²) in [4.78, 5) is 22.4. The lowest BCUT2D eigenvalue weighted by molar-refractivity contribution is -0.116. The molecule has 7 nitrogen and oxygen atoms in total. The fourth-order valence-electron chi connectivity index (χ4n) is 3.70. The Morgan fingerprint density at radius 3 is 2.77 bits per heavy atom. The molecule has 0 radical (unpaired) electrons.